The molecule has 1 aromatic rings. The highest BCUT2D eigenvalue weighted by Crippen LogP contribution is 2.15. The average Bonchev–Trinajstić information content (AvgIpc) is 2.59. The maximum Gasteiger partial charge on any atom is 0.321 e. The molecule has 9 heteroatoms. The number of methoxy groups -OCH3 is 1. The molecule has 1 atom stereocenters. The average molecular weight is 364 g/mol. The lowest BCUT2D eigenvalue weighted by atomic mass is 10.1. The lowest BCUT2D eigenvalue weighted by Gasteiger charge is -2.37. The van der Waals surface area contributed by atoms with Crippen molar-refractivity contribution in [2.45, 2.75) is 39.3 Å². The highest BCUT2D eigenvalue weighted by atomic mass is 16.5. The van der Waals surface area contributed by atoms with Crippen molar-refractivity contribution in [2.24, 2.45) is 0 Å². The van der Waals surface area contributed by atoms with Gasteiger partial charge < -0.3 is 15.0 Å². The lowest BCUT2D eigenvalue weighted by Crippen LogP contribution is -2.57. The molecule has 1 aliphatic rings. The molecule has 3 amide bonds. The summed E-state index contributed by atoms with van der Waals surface area (Å²) in [5.41, 5.74) is -0.393. The summed E-state index contributed by atoms with van der Waals surface area (Å²) in [6, 6.07) is 0.835. The van der Waals surface area contributed by atoms with Gasteiger partial charge in [-0.25, -0.2) is 9.78 Å². The van der Waals surface area contributed by atoms with E-state index in [1.807, 2.05) is 25.7 Å². The predicted octanol–water partition coefficient (Wildman–Crippen LogP) is 0.620. The number of imide groups is 1. The Bertz CT molecular complexity index is 638. The third kappa shape index (κ3) is 5.55. The number of aromatic nitrogens is 2. The van der Waals surface area contributed by atoms with E-state index in [0.717, 1.165) is 0 Å². The largest absolute Gasteiger partial charge is 0.481 e. The van der Waals surface area contributed by atoms with Crippen LogP contribution in [0.15, 0.2) is 12.3 Å². The number of urea groups is 1. The summed E-state index contributed by atoms with van der Waals surface area (Å²) >= 11 is 0. The smallest absolute Gasteiger partial charge is 0.321 e. The molecule has 1 unspecified atom stereocenters. The first-order valence-corrected chi connectivity index (χ1v) is 8.68. The second-order valence-corrected chi connectivity index (χ2v) is 7.29. The number of piperazine rings is 1. The van der Waals surface area contributed by atoms with Crippen molar-refractivity contribution in [1.82, 2.24) is 25.5 Å². The Morgan fingerprint density at radius 3 is 2.46 bits per heavy atom. The van der Waals surface area contributed by atoms with E-state index in [1.165, 1.54) is 0 Å². The fourth-order valence-corrected chi connectivity index (χ4v) is 2.66. The monoisotopic (exact) mass is 364 g/mol. The summed E-state index contributed by atoms with van der Waals surface area (Å²) in [7, 11) is 1.57. The van der Waals surface area contributed by atoms with Crippen LogP contribution in [0.3, 0.4) is 0 Å². The molecular weight excluding hydrogens is 336 g/mol. The van der Waals surface area contributed by atoms with Crippen LogP contribution >= 0.6 is 0 Å². The molecular formula is C17H28N6O3. The zero-order chi connectivity index (χ0) is 19.3. The van der Waals surface area contributed by atoms with Crippen molar-refractivity contribution in [3.8, 4) is 5.88 Å². The third-order valence-corrected chi connectivity index (χ3v) is 4.08. The minimum atomic E-state index is -0.474. The van der Waals surface area contributed by atoms with Crippen LogP contribution < -0.4 is 20.3 Å². The van der Waals surface area contributed by atoms with Gasteiger partial charge in [0.05, 0.1) is 13.2 Å². The van der Waals surface area contributed by atoms with Crippen LogP contribution in [0.1, 0.15) is 27.7 Å². The number of amides is 3. The molecule has 0 saturated carbocycles. The van der Waals surface area contributed by atoms with Crippen molar-refractivity contribution >= 4 is 17.9 Å². The van der Waals surface area contributed by atoms with Gasteiger partial charge in [0.2, 0.25) is 17.7 Å². The Morgan fingerprint density at radius 1 is 1.23 bits per heavy atom. The molecule has 0 aromatic carbocycles. The Kier molecular flexibility index (Phi) is 6.36. The van der Waals surface area contributed by atoms with Gasteiger partial charge in [-0.3, -0.25) is 15.0 Å². The van der Waals surface area contributed by atoms with Gasteiger partial charge >= 0.3 is 6.03 Å². The van der Waals surface area contributed by atoms with Crippen LogP contribution in [0.25, 0.3) is 0 Å². The van der Waals surface area contributed by atoms with E-state index in [-0.39, 0.29) is 5.91 Å². The molecule has 1 saturated heterocycles. The number of rotatable bonds is 4. The summed E-state index contributed by atoms with van der Waals surface area (Å²) in [5.74, 6) is 0.832. The van der Waals surface area contributed by atoms with Crippen LogP contribution in [-0.4, -0.2) is 71.7 Å². The Balaban J connectivity index is 1.86. The SMILES string of the molecule is COc1ccnc(N2CCN(C(C)C(=O)NC(=O)NC(C)(C)C)CC2)n1. The van der Waals surface area contributed by atoms with E-state index in [1.54, 1.807) is 26.3 Å². The van der Waals surface area contributed by atoms with Crippen LogP contribution in [0.5, 0.6) is 5.88 Å². The number of carbonyl (C=O) groups excluding carboxylic acids is 2. The molecule has 26 heavy (non-hydrogen) atoms. The summed E-state index contributed by atoms with van der Waals surface area (Å²) < 4.78 is 5.13. The Hall–Kier alpha value is -2.42. The fraction of sp³-hybridized carbons (Fsp3) is 0.647. The first-order valence-electron chi connectivity index (χ1n) is 8.68. The molecule has 0 radical (unpaired) electrons. The molecule has 2 rings (SSSR count). The van der Waals surface area contributed by atoms with Crippen molar-refractivity contribution in [3.63, 3.8) is 0 Å². The lowest BCUT2D eigenvalue weighted by molar-refractivity contribution is -0.124. The van der Waals surface area contributed by atoms with E-state index in [4.69, 9.17) is 4.74 Å². The number of hydrogen-bond acceptors (Lipinski definition) is 7. The van der Waals surface area contributed by atoms with Crippen LogP contribution in [0.2, 0.25) is 0 Å². The van der Waals surface area contributed by atoms with Crippen molar-refractivity contribution in [1.29, 1.82) is 0 Å². The summed E-state index contributed by atoms with van der Waals surface area (Å²) in [6.45, 7) is 10.1. The third-order valence-electron chi connectivity index (χ3n) is 4.08. The molecule has 1 aromatic heterocycles. The second-order valence-electron chi connectivity index (χ2n) is 7.29. The summed E-state index contributed by atoms with van der Waals surface area (Å²) in [5, 5.41) is 5.13. The first-order chi connectivity index (χ1) is 12.2. The molecule has 0 aliphatic carbocycles. The topological polar surface area (TPSA) is 99.7 Å². The fourth-order valence-electron chi connectivity index (χ4n) is 2.66. The predicted molar refractivity (Wildman–Crippen MR) is 98.3 cm³/mol. The summed E-state index contributed by atoms with van der Waals surface area (Å²) in [6.07, 6.45) is 1.66. The minimum Gasteiger partial charge on any atom is -0.481 e. The van der Waals surface area contributed by atoms with E-state index in [0.29, 0.717) is 38.0 Å². The van der Waals surface area contributed by atoms with Gasteiger partial charge in [0.25, 0.3) is 0 Å². The number of hydrogen-bond donors (Lipinski definition) is 2. The molecule has 9 nitrogen and oxygen atoms in total. The van der Waals surface area contributed by atoms with E-state index >= 15 is 0 Å². The normalized spacial score (nSPS) is 16.7. The molecule has 1 aliphatic heterocycles. The molecule has 2 heterocycles. The van der Waals surface area contributed by atoms with E-state index in [2.05, 4.69) is 25.5 Å². The zero-order valence-corrected chi connectivity index (χ0v) is 16.1. The highest BCUT2D eigenvalue weighted by molar-refractivity contribution is 5.97. The Morgan fingerprint density at radius 2 is 1.88 bits per heavy atom. The van der Waals surface area contributed by atoms with Gasteiger partial charge in [0, 0.05) is 44.0 Å². The molecule has 1 fully saturated rings. The highest BCUT2D eigenvalue weighted by Gasteiger charge is 2.28. The van der Waals surface area contributed by atoms with Gasteiger partial charge in [-0.05, 0) is 27.7 Å². The minimum absolute atomic E-state index is 0.308. The quantitative estimate of drug-likeness (QED) is 0.808. The van der Waals surface area contributed by atoms with Gasteiger partial charge in [0.1, 0.15) is 0 Å². The van der Waals surface area contributed by atoms with E-state index in [9.17, 15) is 9.59 Å². The van der Waals surface area contributed by atoms with Crippen LogP contribution in [0, 0.1) is 0 Å². The molecule has 2 N–H and O–H groups in total. The molecule has 0 spiro atoms. The van der Waals surface area contributed by atoms with Gasteiger partial charge in [-0.2, -0.15) is 4.98 Å². The summed E-state index contributed by atoms with van der Waals surface area (Å²) in [4.78, 5) is 36.9. The maximum atomic E-state index is 12.3. The number of nitrogens with one attached hydrogen (secondary N) is 2. The van der Waals surface area contributed by atoms with Crippen LogP contribution in [0.4, 0.5) is 10.7 Å². The number of carbonyl (C=O) groups is 2. The van der Waals surface area contributed by atoms with Crippen LogP contribution in [-0.2, 0) is 4.79 Å². The van der Waals surface area contributed by atoms with Crippen molar-refractivity contribution in [2.75, 3.05) is 38.2 Å². The maximum absolute atomic E-state index is 12.3. The van der Waals surface area contributed by atoms with E-state index < -0.39 is 17.6 Å². The zero-order valence-electron chi connectivity index (χ0n) is 16.1. The molecule has 0 bridgehead atoms. The van der Waals surface area contributed by atoms with Gasteiger partial charge in [-0.15, -0.1) is 0 Å². The number of anilines is 1. The van der Waals surface area contributed by atoms with Gasteiger partial charge in [0.15, 0.2) is 0 Å². The standard InChI is InChI=1S/C17H28N6O3/c1-12(14(24)20-16(25)21-17(2,3)4)22-8-10-23(11-9-22)15-18-7-6-13(19-15)26-5/h6-7,12H,8-11H2,1-5H3,(H2,20,21,24,25). The van der Waals surface area contributed by atoms with Crippen molar-refractivity contribution in [3.05, 3.63) is 12.3 Å². The number of ether oxygens (including phenoxy) is 1. The first kappa shape index (κ1) is 19.9. The van der Waals surface area contributed by atoms with Gasteiger partial charge in [-0.1, -0.05) is 0 Å². The molecule has 144 valence electrons. The Labute approximate surface area is 154 Å². The second kappa shape index (κ2) is 8.31. The number of nitrogens with zero attached hydrogens (tertiary/aromatic N) is 4. The van der Waals surface area contributed by atoms with Crippen molar-refractivity contribution < 1.29 is 14.3 Å².